The third kappa shape index (κ3) is 4.37. The van der Waals surface area contributed by atoms with Crippen molar-refractivity contribution in [3.8, 4) is 0 Å². The largest absolute Gasteiger partial charge is 0.443 e. The Morgan fingerprint density at radius 1 is 1.37 bits per heavy atom. The molecule has 1 aliphatic heterocycles. The first kappa shape index (κ1) is 15.7. The minimum Gasteiger partial charge on any atom is -0.443 e. The summed E-state index contributed by atoms with van der Waals surface area (Å²) in [7, 11) is 0. The number of ether oxygens (including phenoxy) is 1. The van der Waals surface area contributed by atoms with E-state index in [0.717, 1.165) is 31.3 Å². The Bertz CT molecular complexity index is 379. The molecule has 1 rings (SSSR count). The van der Waals surface area contributed by atoms with Gasteiger partial charge in [0, 0.05) is 6.08 Å². The monoisotopic (exact) mass is 267 g/mol. The first-order valence-electron chi connectivity index (χ1n) is 7.00. The van der Waals surface area contributed by atoms with E-state index in [-0.39, 0.29) is 11.9 Å². The van der Waals surface area contributed by atoms with Crippen molar-refractivity contribution in [1.82, 2.24) is 4.90 Å². The maximum atomic E-state index is 12.1. The first-order valence-corrected chi connectivity index (χ1v) is 7.00. The van der Waals surface area contributed by atoms with Crippen molar-refractivity contribution in [2.24, 2.45) is 0 Å². The Hall–Kier alpha value is -1.32. The number of nitrogens with zero attached hydrogens (tertiary/aromatic N) is 1. The summed E-state index contributed by atoms with van der Waals surface area (Å²) in [6.07, 6.45) is 5.07. The van der Waals surface area contributed by atoms with Crippen molar-refractivity contribution in [1.29, 1.82) is 0 Å². The van der Waals surface area contributed by atoms with Crippen molar-refractivity contribution in [2.45, 2.75) is 71.9 Å². The molecular weight excluding hydrogens is 242 g/mol. The number of carbonyl (C=O) groups excluding carboxylic acids is 2. The van der Waals surface area contributed by atoms with Gasteiger partial charge in [0.2, 0.25) is 0 Å². The van der Waals surface area contributed by atoms with Crippen LogP contribution in [0.3, 0.4) is 0 Å². The maximum absolute atomic E-state index is 12.1. The van der Waals surface area contributed by atoms with Crippen molar-refractivity contribution in [3.05, 3.63) is 11.6 Å². The highest BCUT2D eigenvalue weighted by molar-refractivity contribution is 6.02. The van der Waals surface area contributed by atoms with E-state index in [9.17, 15) is 9.59 Å². The number of amides is 2. The molecule has 0 saturated carbocycles. The van der Waals surface area contributed by atoms with Gasteiger partial charge in [0.1, 0.15) is 5.60 Å². The van der Waals surface area contributed by atoms with Gasteiger partial charge in [-0.25, -0.2) is 9.69 Å². The molecule has 0 aliphatic carbocycles. The van der Waals surface area contributed by atoms with Gasteiger partial charge < -0.3 is 4.74 Å². The van der Waals surface area contributed by atoms with Gasteiger partial charge >= 0.3 is 6.09 Å². The molecule has 0 fully saturated rings. The zero-order chi connectivity index (χ0) is 14.6. The Balaban J connectivity index is 2.73. The average molecular weight is 267 g/mol. The van der Waals surface area contributed by atoms with E-state index in [2.05, 4.69) is 6.92 Å². The summed E-state index contributed by atoms with van der Waals surface area (Å²) in [5, 5.41) is 0. The van der Waals surface area contributed by atoms with Crippen molar-refractivity contribution < 1.29 is 14.3 Å². The molecule has 0 spiro atoms. The summed E-state index contributed by atoms with van der Waals surface area (Å²) in [5.74, 6) is -0.256. The standard InChI is InChI=1S/C15H25NO3/c1-6-7-8-9-12-11(2)10-13(17)16(12)14(18)19-15(3,4)5/h10,12H,6-9H2,1-5H3. The normalized spacial score (nSPS) is 19.6. The number of unbranched alkanes of at least 4 members (excludes halogenated alkanes) is 2. The number of hydrogen-bond donors (Lipinski definition) is 0. The highest BCUT2D eigenvalue weighted by atomic mass is 16.6. The molecule has 108 valence electrons. The predicted octanol–water partition coefficient (Wildman–Crippen LogP) is 3.66. The molecule has 1 atom stereocenters. The molecule has 1 unspecified atom stereocenters. The van der Waals surface area contributed by atoms with E-state index in [1.54, 1.807) is 26.8 Å². The first-order chi connectivity index (χ1) is 8.76. The predicted molar refractivity (Wildman–Crippen MR) is 74.8 cm³/mol. The second kappa shape index (κ2) is 6.22. The van der Waals surface area contributed by atoms with E-state index >= 15 is 0 Å². The lowest BCUT2D eigenvalue weighted by Gasteiger charge is -2.28. The quantitative estimate of drug-likeness (QED) is 0.730. The third-order valence-electron chi connectivity index (χ3n) is 3.10. The molecule has 19 heavy (non-hydrogen) atoms. The topological polar surface area (TPSA) is 46.6 Å². The Labute approximate surface area is 115 Å². The van der Waals surface area contributed by atoms with Crippen LogP contribution in [0.5, 0.6) is 0 Å². The SMILES string of the molecule is CCCCCC1C(C)=CC(=O)N1C(=O)OC(C)(C)C. The van der Waals surface area contributed by atoms with Crippen LogP contribution in [0.1, 0.15) is 60.3 Å². The molecule has 0 bridgehead atoms. The molecule has 2 amide bonds. The maximum Gasteiger partial charge on any atom is 0.417 e. The highest BCUT2D eigenvalue weighted by Crippen LogP contribution is 2.26. The van der Waals surface area contributed by atoms with Gasteiger partial charge in [0.15, 0.2) is 0 Å². The van der Waals surface area contributed by atoms with Crippen LogP contribution in [0.25, 0.3) is 0 Å². The van der Waals surface area contributed by atoms with Crippen LogP contribution in [0.2, 0.25) is 0 Å². The molecule has 4 nitrogen and oxygen atoms in total. The summed E-state index contributed by atoms with van der Waals surface area (Å²) < 4.78 is 5.31. The molecule has 1 aliphatic rings. The Morgan fingerprint density at radius 3 is 2.53 bits per heavy atom. The number of carbonyl (C=O) groups is 2. The van der Waals surface area contributed by atoms with Crippen molar-refractivity contribution in [2.75, 3.05) is 0 Å². The minimum absolute atomic E-state index is 0.131. The number of imide groups is 1. The highest BCUT2D eigenvalue weighted by Gasteiger charge is 2.37. The van der Waals surface area contributed by atoms with Gasteiger partial charge in [-0.1, -0.05) is 26.2 Å². The molecule has 4 heteroatoms. The van der Waals surface area contributed by atoms with Crippen molar-refractivity contribution >= 4 is 12.0 Å². The van der Waals surface area contributed by atoms with E-state index in [4.69, 9.17) is 4.74 Å². The van der Waals surface area contributed by atoms with Crippen molar-refractivity contribution in [3.63, 3.8) is 0 Å². The Morgan fingerprint density at radius 2 is 2.00 bits per heavy atom. The molecule has 0 aromatic heterocycles. The second-order valence-electron chi connectivity index (χ2n) is 6.09. The molecule has 0 aromatic rings. The van der Waals surface area contributed by atoms with Crippen LogP contribution in [-0.4, -0.2) is 28.5 Å². The van der Waals surface area contributed by atoms with Crippen LogP contribution in [0, 0.1) is 0 Å². The summed E-state index contributed by atoms with van der Waals surface area (Å²) in [4.78, 5) is 25.3. The van der Waals surface area contributed by atoms with Crippen LogP contribution in [0.15, 0.2) is 11.6 Å². The van der Waals surface area contributed by atoms with Gasteiger partial charge in [0.05, 0.1) is 6.04 Å². The summed E-state index contributed by atoms with van der Waals surface area (Å²) in [6.45, 7) is 9.44. The van der Waals surface area contributed by atoms with Gasteiger partial charge in [0.25, 0.3) is 5.91 Å². The minimum atomic E-state index is -0.582. The van der Waals surface area contributed by atoms with Gasteiger partial charge in [-0.05, 0) is 39.7 Å². The van der Waals surface area contributed by atoms with E-state index < -0.39 is 11.7 Å². The fourth-order valence-electron chi connectivity index (χ4n) is 2.19. The van der Waals surface area contributed by atoms with Gasteiger partial charge in [-0.15, -0.1) is 0 Å². The smallest absolute Gasteiger partial charge is 0.417 e. The summed E-state index contributed by atoms with van der Waals surface area (Å²) >= 11 is 0. The number of hydrogen-bond acceptors (Lipinski definition) is 3. The van der Waals surface area contributed by atoms with Crippen LogP contribution in [-0.2, 0) is 9.53 Å². The molecule has 1 heterocycles. The molecular formula is C15H25NO3. The average Bonchev–Trinajstić information content (AvgIpc) is 2.51. The van der Waals surface area contributed by atoms with Crippen LogP contribution >= 0.6 is 0 Å². The zero-order valence-corrected chi connectivity index (χ0v) is 12.7. The lowest BCUT2D eigenvalue weighted by Crippen LogP contribution is -2.43. The van der Waals surface area contributed by atoms with Gasteiger partial charge in [-0.3, -0.25) is 4.79 Å². The molecule has 0 saturated heterocycles. The lowest BCUT2D eigenvalue weighted by molar-refractivity contribution is -0.125. The Kier molecular flexibility index (Phi) is 5.15. The van der Waals surface area contributed by atoms with E-state index in [0.29, 0.717) is 0 Å². The van der Waals surface area contributed by atoms with E-state index in [1.165, 1.54) is 4.90 Å². The summed E-state index contributed by atoms with van der Waals surface area (Å²) in [6, 6.07) is -0.131. The second-order valence-corrected chi connectivity index (χ2v) is 6.09. The number of rotatable bonds is 4. The lowest BCUT2D eigenvalue weighted by atomic mass is 10.0. The fraction of sp³-hybridized carbons (Fsp3) is 0.733. The molecule has 0 aromatic carbocycles. The van der Waals surface area contributed by atoms with Gasteiger partial charge in [-0.2, -0.15) is 0 Å². The zero-order valence-electron chi connectivity index (χ0n) is 12.7. The van der Waals surface area contributed by atoms with Crippen LogP contribution < -0.4 is 0 Å². The molecule has 0 radical (unpaired) electrons. The summed E-state index contributed by atoms with van der Waals surface area (Å²) in [5.41, 5.74) is 0.369. The molecule has 0 N–H and O–H groups in total. The van der Waals surface area contributed by atoms with E-state index in [1.807, 2.05) is 6.92 Å². The fourth-order valence-corrected chi connectivity index (χ4v) is 2.19. The third-order valence-corrected chi connectivity index (χ3v) is 3.10. The van der Waals surface area contributed by atoms with Crippen LogP contribution in [0.4, 0.5) is 4.79 Å².